The third kappa shape index (κ3) is 4.46. The molecule has 1 aromatic heterocycles. The topological polar surface area (TPSA) is 49.3 Å². The van der Waals surface area contributed by atoms with Crippen LogP contribution in [-0.2, 0) is 11.2 Å². The lowest BCUT2D eigenvalue weighted by molar-refractivity contribution is -0.135. The number of benzene rings is 1. The van der Waals surface area contributed by atoms with Crippen molar-refractivity contribution in [2.24, 2.45) is 11.8 Å². The van der Waals surface area contributed by atoms with Crippen molar-refractivity contribution >= 4 is 11.6 Å². The van der Waals surface area contributed by atoms with Gasteiger partial charge < -0.3 is 9.80 Å². The van der Waals surface area contributed by atoms with Crippen molar-refractivity contribution in [1.29, 1.82) is 0 Å². The van der Waals surface area contributed by atoms with Crippen LogP contribution < -0.4 is 4.90 Å². The van der Waals surface area contributed by atoms with Crippen LogP contribution in [0, 0.1) is 11.8 Å². The molecule has 0 radical (unpaired) electrons. The zero-order chi connectivity index (χ0) is 18.5. The van der Waals surface area contributed by atoms with Crippen LogP contribution in [0.15, 0.2) is 48.9 Å². The Hall–Kier alpha value is -2.43. The van der Waals surface area contributed by atoms with Crippen molar-refractivity contribution in [1.82, 2.24) is 14.9 Å². The van der Waals surface area contributed by atoms with Gasteiger partial charge in [-0.3, -0.25) is 14.8 Å². The first-order chi connectivity index (χ1) is 13.3. The van der Waals surface area contributed by atoms with E-state index in [2.05, 4.69) is 44.0 Å². The van der Waals surface area contributed by atoms with Crippen LogP contribution in [0.5, 0.6) is 0 Å². The molecule has 5 heteroatoms. The van der Waals surface area contributed by atoms with Crippen LogP contribution in [0.3, 0.4) is 0 Å². The molecule has 1 amide bonds. The largest absolute Gasteiger partial charge is 0.369 e. The third-order valence-electron chi connectivity index (χ3n) is 5.85. The quantitative estimate of drug-likeness (QED) is 0.836. The minimum Gasteiger partial charge on any atom is -0.369 e. The van der Waals surface area contributed by atoms with E-state index in [-0.39, 0.29) is 5.92 Å². The van der Waals surface area contributed by atoms with Crippen molar-refractivity contribution in [3.05, 3.63) is 54.6 Å². The van der Waals surface area contributed by atoms with Gasteiger partial charge in [0.25, 0.3) is 0 Å². The van der Waals surface area contributed by atoms with E-state index >= 15 is 0 Å². The summed E-state index contributed by atoms with van der Waals surface area (Å²) in [7, 11) is 0. The summed E-state index contributed by atoms with van der Waals surface area (Å²) in [6.07, 6.45) is 10.7. The molecule has 4 rings (SSSR count). The molecular weight excluding hydrogens is 336 g/mol. The van der Waals surface area contributed by atoms with Gasteiger partial charge in [0.1, 0.15) is 0 Å². The molecule has 0 N–H and O–H groups in total. The Morgan fingerprint density at radius 1 is 1.04 bits per heavy atom. The molecule has 1 aromatic carbocycles. The second-order valence-electron chi connectivity index (χ2n) is 7.81. The fraction of sp³-hybridized carbons (Fsp3) is 0.500. The Labute approximate surface area is 161 Å². The Kier molecular flexibility index (Phi) is 5.66. The minimum atomic E-state index is 0.241. The summed E-state index contributed by atoms with van der Waals surface area (Å²) in [6, 6.07) is 10.5. The van der Waals surface area contributed by atoms with Crippen LogP contribution in [0.4, 0.5) is 5.69 Å². The number of hydrogen-bond acceptors (Lipinski definition) is 4. The first kappa shape index (κ1) is 18.0. The summed E-state index contributed by atoms with van der Waals surface area (Å²) >= 11 is 0. The van der Waals surface area contributed by atoms with Crippen LogP contribution in [0.1, 0.15) is 31.4 Å². The standard InChI is InChI=1S/C22H28N4O/c27-22(19-6-4-5-7-19)26-13-12-25(21-8-2-1-3-9-21)16-18(17-26)14-20-15-23-10-11-24-20/h1-3,8-11,15,18-19H,4-7,12-14,16-17H2/t18-/m1/s1. The molecule has 1 saturated heterocycles. The molecule has 0 spiro atoms. The molecule has 1 aliphatic heterocycles. The number of hydrogen-bond donors (Lipinski definition) is 0. The maximum atomic E-state index is 13.1. The number of aromatic nitrogens is 2. The van der Waals surface area contributed by atoms with E-state index in [1.165, 1.54) is 18.5 Å². The average molecular weight is 364 g/mol. The highest BCUT2D eigenvalue weighted by Gasteiger charge is 2.31. The van der Waals surface area contributed by atoms with Crippen molar-refractivity contribution < 1.29 is 4.79 Å². The number of carbonyl (C=O) groups is 1. The normalized spacial score (nSPS) is 21.3. The van der Waals surface area contributed by atoms with Gasteiger partial charge in [0, 0.05) is 56.4 Å². The van der Waals surface area contributed by atoms with Crippen LogP contribution >= 0.6 is 0 Å². The second-order valence-corrected chi connectivity index (χ2v) is 7.81. The van der Waals surface area contributed by atoms with Crippen molar-refractivity contribution in [3.8, 4) is 0 Å². The summed E-state index contributed by atoms with van der Waals surface area (Å²) in [5, 5.41) is 0. The molecule has 0 bridgehead atoms. The summed E-state index contributed by atoms with van der Waals surface area (Å²) < 4.78 is 0. The van der Waals surface area contributed by atoms with Gasteiger partial charge in [-0.15, -0.1) is 0 Å². The zero-order valence-electron chi connectivity index (χ0n) is 15.8. The van der Waals surface area contributed by atoms with Crippen LogP contribution in [0.2, 0.25) is 0 Å². The summed E-state index contributed by atoms with van der Waals surface area (Å²) in [6.45, 7) is 3.45. The van der Waals surface area contributed by atoms with Crippen molar-refractivity contribution in [2.45, 2.75) is 32.1 Å². The van der Waals surface area contributed by atoms with E-state index in [0.717, 1.165) is 51.1 Å². The number of rotatable bonds is 4. The number of nitrogens with zero attached hydrogens (tertiary/aromatic N) is 4. The summed E-state index contributed by atoms with van der Waals surface area (Å²) in [4.78, 5) is 26.3. The number of anilines is 1. The molecule has 5 nitrogen and oxygen atoms in total. The molecule has 2 aliphatic rings. The van der Waals surface area contributed by atoms with Gasteiger partial charge in [-0.1, -0.05) is 31.0 Å². The van der Waals surface area contributed by atoms with Gasteiger partial charge in [-0.2, -0.15) is 0 Å². The van der Waals surface area contributed by atoms with E-state index in [1.54, 1.807) is 12.4 Å². The number of amides is 1. The highest BCUT2D eigenvalue weighted by molar-refractivity contribution is 5.79. The van der Waals surface area contributed by atoms with E-state index in [1.807, 2.05) is 12.3 Å². The van der Waals surface area contributed by atoms with Crippen molar-refractivity contribution in [3.63, 3.8) is 0 Å². The molecule has 0 unspecified atom stereocenters. The summed E-state index contributed by atoms with van der Waals surface area (Å²) in [5.41, 5.74) is 2.24. The smallest absolute Gasteiger partial charge is 0.225 e. The highest BCUT2D eigenvalue weighted by atomic mass is 16.2. The minimum absolute atomic E-state index is 0.241. The maximum Gasteiger partial charge on any atom is 0.225 e. The molecular formula is C22H28N4O. The Bertz CT molecular complexity index is 730. The lowest BCUT2D eigenvalue weighted by Crippen LogP contribution is -2.39. The average Bonchev–Trinajstić information content (AvgIpc) is 3.17. The second kappa shape index (κ2) is 8.51. The van der Waals surface area contributed by atoms with Crippen LogP contribution in [0.25, 0.3) is 0 Å². The molecule has 142 valence electrons. The van der Waals surface area contributed by atoms with Gasteiger partial charge in [0.2, 0.25) is 5.91 Å². The fourth-order valence-electron chi connectivity index (χ4n) is 4.47. The number of carbonyl (C=O) groups excluding carboxylic acids is 1. The Morgan fingerprint density at radius 3 is 2.59 bits per heavy atom. The van der Waals surface area contributed by atoms with Crippen molar-refractivity contribution in [2.75, 3.05) is 31.1 Å². The monoisotopic (exact) mass is 364 g/mol. The molecule has 2 fully saturated rings. The first-order valence-corrected chi connectivity index (χ1v) is 10.1. The van der Waals surface area contributed by atoms with Gasteiger partial charge in [0.15, 0.2) is 0 Å². The lowest BCUT2D eigenvalue weighted by Gasteiger charge is -2.26. The Balaban J connectivity index is 1.52. The number of para-hydroxylation sites is 1. The molecule has 1 saturated carbocycles. The molecule has 1 atom stereocenters. The lowest BCUT2D eigenvalue weighted by atomic mass is 10.0. The van der Waals surface area contributed by atoms with Crippen LogP contribution in [-0.4, -0.2) is 47.0 Å². The van der Waals surface area contributed by atoms with E-state index in [9.17, 15) is 4.79 Å². The van der Waals surface area contributed by atoms with Gasteiger partial charge in [-0.25, -0.2) is 0 Å². The molecule has 27 heavy (non-hydrogen) atoms. The first-order valence-electron chi connectivity index (χ1n) is 10.1. The SMILES string of the molecule is O=C(C1CCCC1)N1CCN(c2ccccc2)C[C@@H](Cc2cnccn2)C1. The summed E-state index contributed by atoms with van der Waals surface area (Å²) in [5.74, 6) is 0.965. The predicted octanol–water partition coefficient (Wildman–Crippen LogP) is 3.17. The predicted molar refractivity (Wildman–Crippen MR) is 106 cm³/mol. The molecule has 2 heterocycles. The van der Waals surface area contributed by atoms with Gasteiger partial charge in [0.05, 0.1) is 5.69 Å². The third-order valence-corrected chi connectivity index (χ3v) is 5.85. The highest BCUT2D eigenvalue weighted by Crippen LogP contribution is 2.28. The van der Waals surface area contributed by atoms with Gasteiger partial charge in [-0.05, 0) is 37.3 Å². The van der Waals surface area contributed by atoms with E-state index < -0.39 is 0 Å². The molecule has 2 aromatic rings. The van der Waals surface area contributed by atoms with E-state index in [4.69, 9.17) is 0 Å². The molecule has 1 aliphatic carbocycles. The van der Waals surface area contributed by atoms with E-state index in [0.29, 0.717) is 11.8 Å². The van der Waals surface area contributed by atoms with Gasteiger partial charge >= 0.3 is 0 Å². The maximum absolute atomic E-state index is 13.1. The zero-order valence-corrected chi connectivity index (χ0v) is 15.8. The Morgan fingerprint density at radius 2 is 1.85 bits per heavy atom. The fourth-order valence-corrected chi connectivity index (χ4v) is 4.47.